The molecule has 0 saturated carbocycles. The van der Waals surface area contributed by atoms with Gasteiger partial charge < -0.3 is 4.43 Å². The van der Waals surface area contributed by atoms with Crippen LogP contribution >= 0.6 is 0 Å². The zero-order valence-corrected chi connectivity index (χ0v) is 6.65. The highest BCUT2D eigenvalue weighted by atomic mass is 28.2. The van der Waals surface area contributed by atoms with Crippen LogP contribution in [0.4, 0.5) is 0 Å². The lowest BCUT2D eigenvalue weighted by Gasteiger charge is -1.93. The molecule has 7 heavy (non-hydrogen) atoms. The molecule has 0 aromatic carbocycles. The van der Waals surface area contributed by atoms with Gasteiger partial charge in [-0.2, -0.15) is 0 Å². The molecule has 0 rings (SSSR count). The van der Waals surface area contributed by atoms with Crippen molar-refractivity contribution in [1.29, 1.82) is 0 Å². The summed E-state index contributed by atoms with van der Waals surface area (Å²) in [5.74, 6) is 0. The topological polar surface area (TPSA) is 9.23 Å². The summed E-state index contributed by atoms with van der Waals surface area (Å²) < 4.78 is 5.21. The molecular weight excluding hydrogens is 104 g/mol. The van der Waals surface area contributed by atoms with Gasteiger partial charge in [0, 0.05) is 6.61 Å². The molecular formula is C5H14OSi. The molecule has 0 aliphatic carbocycles. The van der Waals surface area contributed by atoms with Crippen LogP contribution in [0.2, 0.25) is 6.04 Å². The van der Waals surface area contributed by atoms with Gasteiger partial charge in [-0.15, -0.1) is 0 Å². The minimum Gasteiger partial charge on any atom is -0.424 e. The third-order valence-electron chi connectivity index (χ3n) is 0.846. The van der Waals surface area contributed by atoms with Crippen molar-refractivity contribution in [3.05, 3.63) is 0 Å². The summed E-state index contributed by atoms with van der Waals surface area (Å²) in [5, 5.41) is 0. The van der Waals surface area contributed by atoms with Gasteiger partial charge in [-0.1, -0.05) is 13.3 Å². The fourth-order valence-corrected chi connectivity index (χ4v) is 1.17. The Morgan fingerprint density at radius 3 is 2.57 bits per heavy atom. The molecule has 0 atom stereocenters. The van der Waals surface area contributed by atoms with Gasteiger partial charge in [0.2, 0.25) is 0 Å². The molecule has 0 spiro atoms. The summed E-state index contributed by atoms with van der Waals surface area (Å²) in [6.07, 6.45) is 1.30. The first-order valence-electron chi connectivity index (χ1n) is 2.99. The predicted octanol–water partition coefficient (Wildman–Crippen LogP) is 0.935. The summed E-state index contributed by atoms with van der Waals surface area (Å²) in [7, 11) is -0.0887. The molecule has 0 aliphatic heterocycles. The third-order valence-corrected chi connectivity index (χ3v) is 2.54. The van der Waals surface area contributed by atoms with Gasteiger partial charge in [-0.3, -0.25) is 0 Å². The average molecular weight is 118 g/mol. The van der Waals surface area contributed by atoms with E-state index >= 15 is 0 Å². The first-order chi connectivity index (χ1) is 3.41. The molecule has 2 heteroatoms. The van der Waals surface area contributed by atoms with E-state index in [1.807, 2.05) is 0 Å². The van der Waals surface area contributed by atoms with E-state index in [0.29, 0.717) is 0 Å². The van der Waals surface area contributed by atoms with Gasteiger partial charge in [0.25, 0.3) is 0 Å². The maximum atomic E-state index is 5.21. The highest BCUT2D eigenvalue weighted by Crippen LogP contribution is 1.84. The van der Waals surface area contributed by atoms with Crippen molar-refractivity contribution in [3.8, 4) is 0 Å². The molecule has 0 radical (unpaired) electrons. The Kier molecular flexibility index (Phi) is 6.33. The average Bonchev–Trinajstić information content (AvgIpc) is 1.69. The molecule has 0 aliphatic rings. The van der Waals surface area contributed by atoms with Crippen LogP contribution in [0.3, 0.4) is 0 Å². The molecule has 0 aromatic rings. The van der Waals surface area contributed by atoms with Crippen LogP contribution in [0.15, 0.2) is 0 Å². The molecule has 0 saturated heterocycles. The molecule has 44 valence electrons. The van der Waals surface area contributed by atoms with Crippen LogP contribution in [-0.4, -0.2) is 16.4 Å². The van der Waals surface area contributed by atoms with Crippen molar-refractivity contribution >= 4 is 9.76 Å². The summed E-state index contributed by atoms with van der Waals surface area (Å²) in [6.45, 7) is 5.18. The smallest absolute Gasteiger partial charge is 0.161 e. The van der Waals surface area contributed by atoms with Crippen molar-refractivity contribution in [2.45, 2.75) is 26.3 Å². The normalized spacial score (nSPS) is 11.1. The number of hydrogen-bond donors (Lipinski definition) is 0. The first kappa shape index (κ1) is 7.18. The van der Waals surface area contributed by atoms with Gasteiger partial charge >= 0.3 is 0 Å². The van der Waals surface area contributed by atoms with Crippen molar-refractivity contribution in [3.63, 3.8) is 0 Å². The number of hydrogen-bond acceptors (Lipinski definition) is 1. The second-order valence-electron chi connectivity index (χ2n) is 1.55. The summed E-state index contributed by atoms with van der Waals surface area (Å²) in [6, 6.07) is 1.34. The lowest BCUT2D eigenvalue weighted by molar-refractivity contribution is 0.359. The van der Waals surface area contributed by atoms with E-state index in [2.05, 4.69) is 13.8 Å². The van der Waals surface area contributed by atoms with Crippen LogP contribution in [0.1, 0.15) is 20.3 Å². The first-order valence-corrected chi connectivity index (χ1v) is 4.57. The minimum absolute atomic E-state index is 0.0887. The Morgan fingerprint density at radius 2 is 2.14 bits per heavy atom. The molecule has 1 nitrogen and oxygen atoms in total. The second kappa shape index (κ2) is 6.18. The van der Waals surface area contributed by atoms with Gasteiger partial charge in [0.15, 0.2) is 9.76 Å². The molecule has 0 amide bonds. The van der Waals surface area contributed by atoms with E-state index in [4.69, 9.17) is 4.43 Å². The van der Waals surface area contributed by atoms with Crippen molar-refractivity contribution in [2.24, 2.45) is 0 Å². The van der Waals surface area contributed by atoms with Crippen LogP contribution in [-0.2, 0) is 4.43 Å². The van der Waals surface area contributed by atoms with Gasteiger partial charge in [-0.05, 0) is 13.0 Å². The Hall–Kier alpha value is 0.177. The van der Waals surface area contributed by atoms with Crippen LogP contribution in [0.25, 0.3) is 0 Å². The predicted molar refractivity (Wildman–Crippen MR) is 35.3 cm³/mol. The Balaban J connectivity index is 2.45. The summed E-state index contributed by atoms with van der Waals surface area (Å²) >= 11 is 0. The zero-order valence-electron chi connectivity index (χ0n) is 5.24. The van der Waals surface area contributed by atoms with Crippen molar-refractivity contribution in [2.75, 3.05) is 6.61 Å². The van der Waals surface area contributed by atoms with Gasteiger partial charge in [-0.25, -0.2) is 0 Å². The third kappa shape index (κ3) is 6.18. The minimum atomic E-state index is -0.0887. The van der Waals surface area contributed by atoms with E-state index in [1.54, 1.807) is 0 Å². The maximum absolute atomic E-state index is 5.21. The lowest BCUT2D eigenvalue weighted by atomic mass is 10.6. The fourth-order valence-electron chi connectivity index (χ4n) is 0.391. The largest absolute Gasteiger partial charge is 0.424 e. The van der Waals surface area contributed by atoms with Crippen LogP contribution in [0, 0.1) is 0 Å². The fraction of sp³-hybridized carbons (Fsp3) is 1.00. The van der Waals surface area contributed by atoms with Crippen LogP contribution < -0.4 is 0 Å². The van der Waals surface area contributed by atoms with E-state index in [-0.39, 0.29) is 9.76 Å². The van der Waals surface area contributed by atoms with E-state index in [9.17, 15) is 0 Å². The Morgan fingerprint density at radius 1 is 1.43 bits per heavy atom. The summed E-state index contributed by atoms with van der Waals surface area (Å²) in [5.41, 5.74) is 0. The monoisotopic (exact) mass is 118 g/mol. The zero-order chi connectivity index (χ0) is 5.54. The van der Waals surface area contributed by atoms with E-state index in [0.717, 1.165) is 6.61 Å². The highest BCUT2D eigenvalue weighted by molar-refractivity contribution is 6.26. The molecule has 0 aromatic heterocycles. The standard InChI is InChI=1S/C5H14OSi/c1-3-5-7-6-4-2/h3-5,7H2,1-2H3. The van der Waals surface area contributed by atoms with Gasteiger partial charge in [0.1, 0.15) is 0 Å². The second-order valence-corrected chi connectivity index (χ2v) is 3.07. The van der Waals surface area contributed by atoms with Crippen molar-refractivity contribution in [1.82, 2.24) is 0 Å². The SMILES string of the molecule is CCC[SiH2]OCC. The Labute approximate surface area is 48.0 Å². The molecule has 0 heterocycles. The molecule has 0 bridgehead atoms. The van der Waals surface area contributed by atoms with E-state index in [1.165, 1.54) is 12.5 Å². The number of rotatable bonds is 4. The quantitative estimate of drug-likeness (QED) is 0.394. The highest BCUT2D eigenvalue weighted by Gasteiger charge is 1.80. The molecule has 0 unspecified atom stereocenters. The van der Waals surface area contributed by atoms with E-state index < -0.39 is 0 Å². The van der Waals surface area contributed by atoms with Crippen LogP contribution in [0.5, 0.6) is 0 Å². The maximum Gasteiger partial charge on any atom is 0.161 e. The Bertz CT molecular complexity index is 27.3. The molecule has 0 fully saturated rings. The van der Waals surface area contributed by atoms with Gasteiger partial charge in [0.05, 0.1) is 0 Å². The summed E-state index contributed by atoms with van der Waals surface area (Å²) in [4.78, 5) is 0. The van der Waals surface area contributed by atoms with Crippen molar-refractivity contribution < 1.29 is 4.43 Å². The lowest BCUT2D eigenvalue weighted by Crippen LogP contribution is -1.95. The molecule has 0 N–H and O–H groups in total.